The second-order valence-electron chi connectivity index (χ2n) is 4.53. The maximum absolute atomic E-state index is 2.53. The summed E-state index contributed by atoms with van der Waals surface area (Å²) >= 11 is 0. The van der Waals surface area contributed by atoms with Gasteiger partial charge in [-0.2, -0.15) is 0 Å². The van der Waals surface area contributed by atoms with E-state index in [-0.39, 0.29) is 18.9 Å². The number of hydrogen-bond acceptors (Lipinski definition) is 1. The van der Waals surface area contributed by atoms with Crippen molar-refractivity contribution in [1.82, 2.24) is 0 Å². The van der Waals surface area contributed by atoms with Crippen LogP contribution in [0.3, 0.4) is 0 Å². The molecule has 0 aromatic heterocycles. The third-order valence-corrected chi connectivity index (χ3v) is 2.93. The van der Waals surface area contributed by atoms with E-state index in [1.165, 1.54) is 50.0 Å². The Morgan fingerprint density at radius 3 is 2.06 bits per heavy atom. The summed E-state index contributed by atoms with van der Waals surface area (Å²) in [5.74, 6) is 0. The van der Waals surface area contributed by atoms with Crippen LogP contribution in [0.5, 0.6) is 0 Å². The first kappa shape index (κ1) is 16.6. The van der Waals surface area contributed by atoms with Crippen molar-refractivity contribution < 1.29 is 0 Å². The van der Waals surface area contributed by atoms with Gasteiger partial charge in [-0.1, -0.05) is 38.8 Å². The van der Waals surface area contributed by atoms with E-state index in [1.54, 1.807) is 0 Å². The van der Waals surface area contributed by atoms with Crippen molar-refractivity contribution in [2.75, 3.05) is 18.0 Å². The first-order valence-corrected chi connectivity index (χ1v) is 6.59. The Morgan fingerprint density at radius 2 is 1.59 bits per heavy atom. The van der Waals surface area contributed by atoms with Gasteiger partial charge >= 0.3 is 18.9 Å². The van der Waals surface area contributed by atoms with Crippen molar-refractivity contribution in [1.29, 1.82) is 0 Å². The molecule has 0 N–H and O–H groups in total. The molecule has 0 saturated heterocycles. The molecule has 0 heterocycles. The molecule has 1 rings (SSSR count). The van der Waals surface area contributed by atoms with Gasteiger partial charge in [0, 0.05) is 18.8 Å². The van der Waals surface area contributed by atoms with Crippen LogP contribution in [0.2, 0.25) is 0 Å². The predicted octanol–water partition coefficient (Wildman–Crippen LogP) is 3.75. The number of benzene rings is 1. The summed E-state index contributed by atoms with van der Waals surface area (Å²) in [5.41, 5.74) is 2.75. The van der Waals surface area contributed by atoms with Crippen molar-refractivity contribution in [2.24, 2.45) is 0 Å². The standard InChI is InChI=1S/C15H25N.Li.H/c1-4-6-11-16(12-7-5-2)15-10-8-9-14(3)13-15;;/h8-10,13H,4-7,11-12H2,1-3H3;;. The summed E-state index contributed by atoms with van der Waals surface area (Å²) in [7, 11) is 0. The van der Waals surface area contributed by atoms with Gasteiger partial charge in [-0.15, -0.1) is 0 Å². The molecule has 92 valence electrons. The molecule has 17 heavy (non-hydrogen) atoms. The molecule has 0 bridgehead atoms. The monoisotopic (exact) mass is 227 g/mol. The minimum absolute atomic E-state index is 0. The van der Waals surface area contributed by atoms with E-state index in [0.717, 1.165) is 0 Å². The van der Waals surface area contributed by atoms with E-state index in [1.807, 2.05) is 0 Å². The van der Waals surface area contributed by atoms with Crippen LogP contribution in [0.15, 0.2) is 24.3 Å². The molecule has 2 heteroatoms. The van der Waals surface area contributed by atoms with Crippen LogP contribution in [0.4, 0.5) is 5.69 Å². The summed E-state index contributed by atoms with van der Waals surface area (Å²) in [4.78, 5) is 2.53. The zero-order valence-electron chi connectivity index (χ0n) is 11.0. The van der Waals surface area contributed by atoms with E-state index in [0.29, 0.717) is 0 Å². The molecule has 0 unspecified atom stereocenters. The third-order valence-electron chi connectivity index (χ3n) is 2.93. The van der Waals surface area contributed by atoms with E-state index >= 15 is 0 Å². The van der Waals surface area contributed by atoms with Crippen molar-refractivity contribution in [3.05, 3.63) is 29.8 Å². The summed E-state index contributed by atoms with van der Waals surface area (Å²) in [6, 6.07) is 8.86. The zero-order valence-corrected chi connectivity index (χ0v) is 11.0. The number of anilines is 1. The Labute approximate surface area is 119 Å². The zero-order chi connectivity index (χ0) is 11.8. The van der Waals surface area contributed by atoms with Crippen LogP contribution in [0.1, 0.15) is 45.1 Å². The van der Waals surface area contributed by atoms with Gasteiger partial charge in [0.05, 0.1) is 0 Å². The molecule has 0 radical (unpaired) electrons. The minimum atomic E-state index is 0. The molecule has 0 aliphatic rings. The van der Waals surface area contributed by atoms with Gasteiger partial charge in [-0.3, -0.25) is 0 Å². The summed E-state index contributed by atoms with van der Waals surface area (Å²) < 4.78 is 0. The first-order chi connectivity index (χ1) is 7.77. The summed E-state index contributed by atoms with van der Waals surface area (Å²) in [5, 5.41) is 0. The van der Waals surface area contributed by atoms with Crippen molar-refractivity contribution in [3.63, 3.8) is 0 Å². The van der Waals surface area contributed by atoms with Gasteiger partial charge in [0.1, 0.15) is 0 Å². The molecular formula is C15H26LiN. The molecule has 1 aromatic rings. The van der Waals surface area contributed by atoms with Gasteiger partial charge in [-0.25, -0.2) is 0 Å². The molecule has 0 fully saturated rings. The fourth-order valence-corrected chi connectivity index (χ4v) is 1.89. The Morgan fingerprint density at radius 1 is 1.00 bits per heavy atom. The normalized spacial score (nSPS) is 9.82. The van der Waals surface area contributed by atoms with Crippen molar-refractivity contribution in [3.8, 4) is 0 Å². The fourth-order valence-electron chi connectivity index (χ4n) is 1.89. The van der Waals surface area contributed by atoms with E-state index < -0.39 is 0 Å². The molecule has 0 aliphatic heterocycles. The van der Waals surface area contributed by atoms with Crippen LogP contribution in [-0.2, 0) is 0 Å². The molecule has 0 amide bonds. The van der Waals surface area contributed by atoms with Crippen LogP contribution in [-0.4, -0.2) is 32.0 Å². The Balaban J connectivity index is 0.00000256. The number of aryl methyl sites for hydroxylation is 1. The Hall–Kier alpha value is -0.383. The Kier molecular flexibility index (Phi) is 9.41. The number of rotatable bonds is 7. The van der Waals surface area contributed by atoms with Crippen LogP contribution >= 0.6 is 0 Å². The van der Waals surface area contributed by atoms with E-state index in [4.69, 9.17) is 0 Å². The van der Waals surface area contributed by atoms with Gasteiger partial charge in [0.15, 0.2) is 0 Å². The molecule has 1 aromatic carbocycles. The van der Waals surface area contributed by atoms with Crippen molar-refractivity contribution >= 4 is 24.5 Å². The topological polar surface area (TPSA) is 3.24 Å². The van der Waals surface area contributed by atoms with Gasteiger partial charge in [0.2, 0.25) is 0 Å². The molecule has 0 atom stereocenters. The average Bonchev–Trinajstić information content (AvgIpc) is 2.29. The summed E-state index contributed by atoms with van der Waals surface area (Å²) in [6.07, 6.45) is 5.12. The fraction of sp³-hybridized carbons (Fsp3) is 0.600. The molecule has 1 nitrogen and oxygen atoms in total. The van der Waals surface area contributed by atoms with E-state index in [9.17, 15) is 0 Å². The second-order valence-corrected chi connectivity index (χ2v) is 4.53. The second kappa shape index (κ2) is 9.63. The van der Waals surface area contributed by atoms with Crippen LogP contribution in [0.25, 0.3) is 0 Å². The quantitative estimate of drug-likeness (QED) is 0.641. The van der Waals surface area contributed by atoms with Gasteiger partial charge < -0.3 is 4.90 Å². The average molecular weight is 227 g/mol. The van der Waals surface area contributed by atoms with Crippen LogP contribution < -0.4 is 4.90 Å². The van der Waals surface area contributed by atoms with Crippen molar-refractivity contribution in [2.45, 2.75) is 46.5 Å². The SMILES string of the molecule is CCCCN(CCCC)c1cccc(C)c1.[LiH]. The number of unbranched alkanes of at least 4 members (excludes halogenated alkanes) is 2. The van der Waals surface area contributed by atoms with Gasteiger partial charge in [-0.05, 0) is 37.5 Å². The maximum atomic E-state index is 2.53. The van der Waals surface area contributed by atoms with Gasteiger partial charge in [0.25, 0.3) is 0 Å². The number of hydrogen-bond donors (Lipinski definition) is 0. The predicted molar refractivity (Wildman–Crippen MR) is 80.4 cm³/mol. The molecule has 0 aliphatic carbocycles. The van der Waals surface area contributed by atoms with Crippen LogP contribution in [0, 0.1) is 6.92 Å². The van der Waals surface area contributed by atoms with E-state index in [2.05, 4.69) is 49.9 Å². The first-order valence-electron chi connectivity index (χ1n) is 6.59. The molecule has 0 spiro atoms. The summed E-state index contributed by atoms with van der Waals surface area (Å²) in [6.45, 7) is 9.07. The third kappa shape index (κ3) is 6.20. The Bertz CT molecular complexity index is 291. The molecule has 0 saturated carbocycles. The molecular weight excluding hydrogens is 201 g/mol. The number of nitrogens with zero attached hydrogens (tertiary/aromatic N) is 1.